The van der Waals surface area contributed by atoms with Gasteiger partial charge in [-0.05, 0) is 17.7 Å². The molecule has 0 spiro atoms. The molecule has 0 aliphatic carbocycles. The highest BCUT2D eigenvalue weighted by molar-refractivity contribution is 5.50. The van der Waals surface area contributed by atoms with Gasteiger partial charge >= 0.3 is 0 Å². The summed E-state index contributed by atoms with van der Waals surface area (Å²) >= 11 is 0. The fraction of sp³-hybridized carbons (Fsp3) is 0.0833. The van der Waals surface area contributed by atoms with E-state index in [9.17, 15) is 0 Å². The van der Waals surface area contributed by atoms with Gasteiger partial charge in [-0.3, -0.25) is 0 Å². The van der Waals surface area contributed by atoms with Gasteiger partial charge in [0.1, 0.15) is 12.1 Å². The molecule has 0 unspecified atom stereocenters. The molecule has 1 rings (SSSR count). The van der Waals surface area contributed by atoms with Crippen molar-refractivity contribution in [3.8, 4) is 12.1 Å². The van der Waals surface area contributed by atoms with Gasteiger partial charge in [-0.25, -0.2) is 0 Å². The van der Waals surface area contributed by atoms with Crippen molar-refractivity contribution < 1.29 is 0 Å². The molecule has 0 saturated carbocycles. The molecule has 14 heavy (non-hydrogen) atoms. The Hall–Kier alpha value is -2.06. The minimum atomic E-state index is 0.409. The molecule has 0 fully saturated rings. The largest absolute Gasteiger partial charge is 0.192 e. The van der Waals surface area contributed by atoms with Crippen LogP contribution in [-0.4, -0.2) is 0 Å². The highest BCUT2D eigenvalue weighted by Gasteiger charge is 2.06. The monoisotopic (exact) mass is 181 g/mol. The van der Waals surface area contributed by atoms with E-state index in [0.717, 1.165) is 11.5 Å². The second-order valence-electron chi connectivity index (χ2n) is 2.87. The van der Waals surface area contributed by atoms with Crippen LogP contribution in [0.25, 0.3) is 0 Å². The van der Waals surface area contributed by atoms with Gasteiger partial charge in [-0.2, -0.15) is 10.5 Å². The molecular weight excluding hydrogens is 172 g/mol. The van der Waals surface area contributed by atoms with Crippen molar-refractivity contribution in [2.45, 2.75) is 6.92 Å². The van der Waals surface area contributed by atoms with E-state index in [1.807, 2.05) is 25.1 Å². The molecule has 0 aliphatic heterocycles. The number of hydrogen-bond acceptors (Lipinski definition) is 2. The van der Waals surface area contributed by atoms with Gasteiger partial charge in [0.05, 0.1) is 11.1 Å². The summed E-state index contributed by atoms with van der Waals surface area (Å²) in [5, 5.41) is 17.5. The minimum absolute atomic E-state index is 0.409. The molecule has 1 aromatic carbocycles. The zero-order valence-corrected chi connectivity index (χ0v) is 7.91. The van der Waals surface area contributed by atoms with Crippen LogP contribution in [0.4, 0.5) is 0 Å². The topological polar surface area (TPSA) is 47.6 Å². The maximum atomic E-state index is 8.79. The molecule has 0 amide bonds. The van der Waals surface area contributed by atoms with Crippen molar-refractivity contribution in [3.05, 3.63) is 53.5 Å². The van der Waals surface area contributed by atoms with Crippen LogP contribution in [0.1, 0.15) is 23.6 Å². The standard InChI is InChI=1S/C12H9N2/c1-3-9(2)10-4-5-11(7-13)12(6-10)8-14/h3-6H,1H2,2H3. The van der Waals surface area contributed by atoms with Gasteiger partial charge in [-0.1, -0.05) is 19.1 Å². The third-order valence-electron chi connectivity index (χ3n) is 2.02. The lowest BCUT2D eigenvalue weighted by Crippen LogP contribution is -1.92. The summed E-state index contributed by atoms with van der Waals surface area (Å²) in [5.41, 5.74) is 1.75. The third kappa shape index (κ3) is 1.81. The van der Waals surface area contributed by atoms with Crippen LogP contribution < -0.4 is 0 Å². The van der Waals surface area contributed by atoms with Gasteiger partial charge in [0, 0.05) is 5.92 Å². The second-order valence-corrected chi connectivity index (χ2v) is 2.87. The van der Waals surface area contributed by atoms with Crippen molar-refractivity contribution in [2.24, 2.45) is 0 Å². The quantitative estimate of drug-likeness (QED) is 0.703. The number of allylic oxidation sites excluding steroid dienone is 1. The van der Waals surface area contributed by atoms with E-state index in [2.05, 4.69) is 6.58 Å². The lowest BCUT2D eigenvalue weighted by molar-refractivity contribution is 1.24. The van der Waals surface area contributed by atoms with Crippen molar-refractivity contribution in [1.29, 1.82) is 10.5 Å². The Labute approximate surface area is 83.7 Å². The van der Waals surface area contributed by atoms with Crippen molar-refractivity contribution in [3.63, 3.8) is 0 Å². The summed E-state index contributed by atoms with van der Waals surface area (Å²) in [5.74, 6) is 0.992. The molecule has 0 N–H and O–H groups in total. The zero-order valence-electron chi connectivity index (χ0n) is 7.91. The maximum Gasteiger partial charge on any atom is 0.101 e. The number of benzene rings is 1. The average Bonchev–Trinajstić information content (AvgIpc) is 2.26. The number of nitriles is 2. The summed E-state index contributed by atoms with van der Waals surface area (Å²) in [6, 6.07) is 9.14. The Kier molecular flexibility index (Phi) is 3.05. The number of nitrogens with zero attached hydrogens (tertiary/aromatic N) is 2. The zero-order chi connectivity index (χ0) is 10.6. The summed E-state index contributed by atoms with van der Waals surface area (Å²) in [4.78, 5) is 0. The first-order chi connectivity index (χ1) is 6.72. The van der Waals surface area contributed by atoms with Crippen LogP contribution >= 0.6 is 0 Å². The molecular formula is C12H9N2. The van der Waals surface area contributed by atoms with E-state index >= 15 is 0 Å². The van der Waals surface area contributed by atoms with Crippen LogP contribution in [0.3, 0.4) is 0 Å². The first-order valence-electron chi connectivity index (χ1n) is 4.13. The summed E-state index contributed by atoms with van der Waals surface area (Å²) < 4.78 is 0. The highest BCUT2D eigenvalue weighted by Crippen LogP contribution is 2.18. The molecule has 67 valence electrons. The van der Waals surface area contributed by atoms with Gasteiger partial charge in [-0.15, -0.1) is 6.58 Å². The van der Waals surface area contributed by atoms with E-state index in [1.165, 1.54) is 0 Å². The fourth-order valence-electron chi connectivity index (χ4n) is 1.10. The van der Waals surface area contributed by atoms with Crippen LogP contribution in [0.2, 0.25) is 0 Å². The Morgan fingerprint density at radius 2 is 1.93 bits per heavy atom. The van der Waals surface area contributed by atoms with E-state index in [-0.39, 0.29) is 0 Å². The molecule has 1 aromatic rings. The Morgan fingerprint density at radius 1 is 1.29 bits per heavy atom. The van der Waals surface area contributed by atoms with Gasteiger partial charge in [0.25, 0.3) is 0 Å². The predicted molar refractivity (Wildman–Crippen MR) is 54.1 cm³/mol. The molecule has 0 atom stereocenters. The van der Waals surface area contributed by atoms with E-state index < -0.39 is 0 Å². The second kappa shape index (κ2) is 4.25. The molecule has 0 heterocycles. The molecule has 0 aromatic heterocycles. The highest BCUT2D eigenvalue weighted by atomic mass is 14.3. The fourth-order valence-corrected chi connectivity index (χ4v) is 1.10. The summed E-state index contributed by atoms with van der Waals surface area (Å²) in [6.45, 7) is 5.56. The molecule has 2 heteroatoms. The smallest absolute Gasteiger partial charge is 0.101 e. The van der Waals surface area contributed by atoms with Crippen LogP contribution in [0.15, 0.2) is 30.9 Å². The number of hydrogen-bond donors (Lipinski definition) is 0. The van der Waals surface area contributed by atoms with Crippen molar-refractivity contribution >= 4 is 0 Å². The lowest BCUT2D eigenvalue weighted by Gasteiger charge is -2.05. The Bertz CT molecular complexity index is 433. The van der Waals surface area contributed by atoms with Crippen LogP contribution in [-0.2, 0) is 0 Å². The van der Waals surface area contributed by atoms with Crippen molar-refractivity contribution in [1.82, 2.24) is 0 Å². The maximum absolute atomic E-state index is 8.79. The van der Waals surface area contributed by atoms with E-state index in [0.29, 0.717) is 11.1 Å². The molecule has 1 radical (unpaired) electrons. The Balaban J connectivity index is 3.24. The van der Waals surface area contributed by atoms with Gasteiger partial charge < -0.3 is 0 Å². The third-order valence-corrected chi connectivity index (χ3v) is 2.02. The van der Waals surface area contributed by atoms with Crippen LogP contribution in [0.5, 0.6) is 0 Å². The summed E-state index contributed by atoms with van der Waals surface area (Å²) in [6.07, 6.45) is 1.72. The van der Waals surface area contributed by atoms with E-state index in [1.54, 1.807) is 18.2 Å². The Morgan fingerprint density at radius 3 is 2.43 bits per heavy atom. The average molecular weight is 181 g/mol. The first kappa shape index (κ1) is 10.0. The SMILES string of the molecule is C=C[C](C)c1ccc(C#N)c(C#N)c1. The molecule has 2 nitrogen and oxygen atoms in total. The van der Waals surface area contributed by atoms with Crippen molar-refractivity contribution in [2.75, 3.05) is 0 Å². The van der Waals surface area contributed by atoms with E-state index in [4.69, 9.17) is 10.5 Å². The number of rotatable bonds is 2. The van der Waals surface area contributed by atoms with Crippen LogP contribution in [0, 0.1) is 28.6 Å². The minimum Gasteiger partial charge on any atom is -0.192 e. The molecule has 0 bridgehead atoms. The lowest BCUT2D eigenvalue weighted by atomic mass is 9.97. The van der Waals surface area contributed by atoms with Gasteiger partial charge in [0.2, 0.25) is 0 Å². The molecule has 0 saturated heterocycles. The molecule has 0 aliphatic rings. The normalized spacial score (nSPS) is 9.14. The predicted octanol–water partition coefficient (Wildman–Crippen LogP) is 2.56. The summed E-state index contributed by atoms with van der Waals surface area (Å²) in [7, 11) is 0. The van der Waals surface area contributed by atoms with Gasteiger partial charge in [0.15, 0.2) is 0 Å². The first-order valence-corrected chi connectivity index (χ1v) is 4.13.